The van der Waals surface area contributed by atoms with Crippen molar-refractivity contribution in [1.29, 1.82) is 0 Å². The molecule has 1 aromatic carbocycles. The number of nitrogens with zero attached hydrogens (tertiary/aromatic N) is 5. The van der Waals surface area contributed by atoms with E-state index in [0.717, 1.165) is 32.2 Å². The van der Waals surface area contributed by atoms with Crippen molar-refractivity contribution in [3.8, 4) is 6.01 Å². The Kier molecular flexibility index (Phi) is 8.25. The molecule has 2 aromatic rings. The van der Waals surface area contributed by atoms with E-state index in [0.29, 0.717) is 61.3 Å². The molecule has 1 aromatic heterocycles. The average molecular weight is 667 g/mol. The lowest BCUT2D eigenvalue weighted by atomic mass is 9.83. The van der Waals surface area contributed by atoms with Crippen LogP contribution in [0.1, 0.15) is 66.2 Å². The molecule has 6 rings (SSSR count). The lowest BCUT2D eigenvalue weighted by Crippen LogP contribution is -2.69. The smallest absolute Gasteiger partial charge is 0.410 e. The Morgan fingerprint density at radius 3 is 2.74 bits per heavy atom. The molecular formula is C31H42BrF2N5O4. The lowest BCUT2D eigenvalue weighted by molar-refractivity contribution is -0.0639. The van der Waals surface area contributed by atoms with Gasteiger partial charge in [0.2, 0.25) is 0 Å². The average Bonchev–Trinajstić information content (AvgIpc) is 3.69. The van der Waals surface area contributed by atoms with Crippen LogP contribution in [0.25, 0.3) is 10.9 Å². The maximum atomic E-state index is 15.6. The molecule has 0 bridgehead atoms. The third kappa shape index (κ3) is 5.67. The summed E-state index contributed by atoms with van der Waals surface area (Å²) in [6.45, 7) is 11.1. The third-order valence-electron chi connectivity index (χ3n) is 9.60. The first-order chi connectivity index (χ1) is 20.4. The Hall–Kier alpha value is -2.31. The molecule has 4 fully saturated rings. The van der Waals surface area contributed by atoms with Gasteiger partial charge in [0.15, 0.2) is 5.82 Å². The minimum atomic E-state index is -0.883. The number of piperazine rings is 1. The summed E-state index contributed by atoms with van der Waals surface area (Å²) in [5.41, 5.74) is -1.55. The predicted molar refractivity (Wildman–Crippen MR) is 163 cm³/mol. The highest BCUT2D eigenvalue weighted by Gasteiger charge is 2.52. The van der Waals surface area contributed by atoms with E-state index in [4.69, 9.17) is 19.2 Å². The van der Waals surface area contributed by atoms with E-state index < -0.39 is 23.1 Å². The molecule has 0 N–H and O–H groups in total. The molecule has 0 spiro atoms. The Labute approximate surface area is 260 Å². The van der Waals surface area contributed by atoms with Gasteiger partial charge in [-0.05, 0) is 87.5 Å². The molecule has 4 saturated heterocycles. The molecule has 5 heterocycles. The largest absolute Gasteiger partial charge is 0.461 e. The number of ether oxygens (including phenoxy) is 3. The van der Waals surface area contributed by atoms with Crippen LogP contribution in [0.3, 0.4) is 0 Å². The number of carbonyl (C=O) groups is 1. The van der Waals surface area contributed by atoms with Crippen molar-refractivity contribution in [2.45, 2.75) is 95.2 Å². The topological polar surface area (TPSA) is 80.3 Å². The van der Waals surface area contributed by atoms with Crippen LogP contribution in [0.4, 0.5) is 19.4 Å². The van der Waals surface area contributed by atoms with E-state index >= 15 is 4.39 Å². The van der Waals surface area contributed by atoms with Crippen LogP contribution in [0.15, 0.2) is 16.6 Å². The second kappa shape index (κ2) is 11.6. The second-order valence-electron chi connectivity index (χ2n) is 13.5. The summed E-state index contributed by atoms with van der Waals surface area (Å²) in [7, 11) is 0. The highest BCUT2D eigenvalue weighted by Crippen LogP contribution is 2.42. The number of alkyl halides is 1. The zero-order valence-corrected chi connectivity index (χ0v) is 27.1. The van der Waals surface area contributed by atoms with Gasteiger partial charge < -0.3 is 19.1 Å². The van der Waals surface area contributed by atoms with Gasteiger partial charge in [-0.1, -0.05) is 6.92 Å². The third-order valence-corrected chi connectivity index (χ3v) is 10.2. The van der Waals surface area contributed by atoms with E-state index in [1.54, 1.807) is 6.07 Å². The Morgan fingerprint density at radius 2 is 2.02 bits per heavy atom. The molecule has 1 amide bonds. The normalized spacial score (nSPS) is 29.8. The van der Waals surface area contributed by atoms with Crippen LogP contribution in [-0.2, 0) is 9.47 Å². The maximum absolute atomic E-state index is 15.6. The Morgan fingerprint density at radius 1 is 1.21 bits per heavy atom. The van der Waals surface area contributed by atoms with Crippen LogP contribution < -0.4 is 9.64 Å². The molecule has 12 heteroatoms. The molecule has 0 saturated carbocycles. The van der Waals surface area contributed by atoms with Gasteiger partial charge in [0.05, 0.1) is 21.7 Å². The number of aromatic nitrogens is 2. The molecule has 236 valence electrons. The molecule has 4 aliphatic rings. The van der Waals surface area contributed by atoms with Gasteiger partial charge in [-0.25, -0.2) is 13.6 Å². The maximum Gasteiger partial charge on any atom is 0.410 e. The van der Waals surface area contributed by atoms with Gasteiger partial charge in [0.1, 0.15) is 29.7 Å². The second-order valence-corrected chi connectivity index (χ2v) is 14.3. The van der Waals surface area contributed by atoms with Crippen molar-refractivity contribution in [2.24, 2.45) is 0 Å². The van der Waals surface area contributed by atoms with Crippen molar-refractivity contribution in [3.05, 3.63) is 22.4 Å². The fourth-order valence-electron chi connectivity index (χ4n) is 7.57. The van der Waals surface area contributed by atoms with Crippen LogP contribution in [-0.4, -0.2) is 101 Å². The zero-order chi connectivity index (χ0) is 30.6. The molecule has 9 nitrogen and oxygen atoms in total. The van der Waals surface area contributed by atoms with Gasteiger partial charge in [0.25, 0.3) is 0 Å². The number of benzene rings is 1. The minimum absolute atomic E-state index is 0.0665. The summed E-state index contributed by atoms with van der Waals surface area (Å²) in [6.07, 6.45) is 3.22. The predicted octanol–water partition coefficient (Wildman–Crippen LogP) is 5.87. The molecule has 0 aliphatic carbocycles. The lowest BCUT2D eigenvalue weighted by Gasteiger charge is -2.53. The molecule has 4 atom stereocenters. The highest BCUT2D eigenvalue weighted by molar-refractivity contribution is 9.10. The summed E-state index contributed by atoms with van der Waals surface area (Å²) in [5.74, 6) is 0.0474. The molecular weight excluding hydrogens is 624 g/mol. The number of hydrogen-bond donors (Lipinski definition) is 0. The fraction of sp³-hybridized carbons (Fsp3) is 0.710. The quantitative estimate of drug-likeness (QED) is 0.379. The molecule has 4 aliphatic heterocycles. The van der Waals surface area contributed by atoms with E-state index in [1.165, 1.54) is 0 Å². The summed E-state index contributed by atoms with van der Waals surface area (Å²) in [4.78, 5) is 29.0. The Bertz CT molecular complexity index is 1370. The number of carbonyl (C=O) groups excluding carboxylic acids is 1. The van der Waals surface area contributed by atoms with Gasteiger partial charge in [-0.3, -0.25) is 9.80 Å². The zero-order valence-electron chi connectivity index (χ0n) is 25.5. The van der Waals surface area contributed by atoms with E-state index in [-0.39, 0.29) is 35.9 Å². The summed E-state index contributed by atoms with van der Waals surface area (Å²) in [5, 5.41) is 0.557. The number of anilines is 1. The number of rotatable bonds is 6. The number of fused-ring (bicyclic) bond motifs is 2. The first kappa shape index (κ1) is 30.7. The summed E-state index contributed by atoms with van der Waals surface area (Å²) < 4.78 is 48.6. The first-order valence-corrected chi connectivity index (χ1v) is 16.3. The highest BCUT2D eigenvalue weighted by atomic mass is 79.9. The van der Waals surface area contributed by atoms with Gasteiger partial charge in [-0.2, -0.15) is 9.97 Å². The first-order valence-electron chi connectivity index (χ1n) is 15.5. The molecule has 0 radical (unpaired) electrons. The van der Waals surface area contributed by atoms with Crippen LogP contribution >= 0.6 is 15.9 Å². The van der Waals surface area contributed by atoms with E-state index in [1.807, 2.05) is 31.7 Å². The molecule has 43 heavy (non-hydrogen) atoms. The Balaban J connectivity index is 1.36. The van der Waals surface area contributed by atoms with Gasteiger partial charge >= 0.3 is 12.1 Å². The van der Waals surface area contributed by atoms with E-state index in [9.17, 15) is 9.18 Å². The monoisotopic (exact) mass is 665 g/mol. The van der Waals surface area contributed by atoms with Crippen LogP contribution in [0.5, 0.6) is 6.01 Å². The van der Waals surface area contributed by atoms with Crippen molar-refractivity contribution in [2.75, 3.05) is 50.8 Å². The number of amides is 1. The minimum Gasteiger partial charge on any atom is -0.461 e. The SMILES string of the molecule is CC[C@]1([C@@H]2CCCO2)CN(c2nc(OC[C@@]34CCCN3C[C@H](F)C4)nc3c(F)c(Br)ccc23)CCN1C(=O)OC(C)(C)C. The van der Waals surface area contributed by atoms with Crippen molar-refractivity contribution >= 4 is 38.7 Å². The fourth-order valence-corrected chi connectivity index (χ4v) is 7.89. The van der Waals surface area contributed by atoms with Gasteiger partial charge in [0, 0.05) is 44.6 Å². The number of hydrogen-bond acceptors (Lipinski definition) is 8. The van der Waals surface area contributed by atoms with Crippen molar-refractivity contribution < 1.29 is 27.8 Å². The van der Waals surface area contributed by atoms with Gasteiger partial charge in [-0.15, -0.1) is 0 Å². The summed E-state index contributed by atoms with van der Waals surface area (Å²) in [6, 6.07) is 3.53. The van der Waals surface area contributed by atoms with Crippen molar-refractivity contribution in [1.82, 2.24) is 19.8 Å². The standard InChI is InChI=1S/C31H42BrF2N5O4/c1-5-31(23-8-6-15-41-23)18-37(13-14-39(31)28(40)43-29(2,3)4)26-21-9-10-22(32)24(34)25(21)35-27(36-26)42-19-30-11-7-12-38(30)17-20(33)16-30/h9-10,20,23H,5-8,11-19H2,1-4H3/t20-,23+,30+,31-/m1/s1. The summed E-state index contributed by atoms with van der Waals surface area (Å²) >= 11 is 3.31. The van der Waals surface area contributed by atoms with Crippen LogP contribution in [0.2, 0.25) is 0 Å². The van der Waals surface area contributed by atoms with Crippen molar-refractivity contribution in [3.63, 3.8) is 0 Å². The number of halogens is 3. The van der Waals surface area contributed by atoms with E-state index in [2.05, 4.69) is 37.6 Å². The van der Waals surface area contributed by atoms with Crippen LogP contribution in [0, 0.1) is 5.82 Å². The molecule has 0 unspecified atom stereocenters.